The molecule has 0 aromatic carbocycles. The maximum Gasteiger partial charge on any atom is 0.304 e. The molecule has 0 unspecified atom stereocenters. The van der Waals surface area contributed by atoms with Crippen LogP contribution >= 0.6 is 11.3 Å². The topological polar surface area (TPSA) is 63.4 Å². The molecule has 2 rings (SSSR count). The molecular formula is C14H20N2O3S. The summed E-state index contributed by atoms with van der Waals surface area (Å²) in [5.41, 5.74) is 0.0795. The number of rotatable bonds is 7. The lowest BCUT2D eigenvalue weighted by atomic mass is 10.1. The third kappa shape index (κ3) is 3.36. The van der Waals surface area contributed by atoms with Crippen LogP contribution in [-0.2, 0) is 0 Å². The quantitative estimate of drug-likeness (QED) is 0.435. The van der Waals surface area contributed by atoms with Crippen LogP contribution in [0.3, 0.4) is 0 Å². The van der Waals surface area contributed by atoms with Gasteiger partial charge in [0.25, 0.3) is 0 Å². The summed E-state index contributed by atoms with van der Waals surface area (Å²) in [6.07, 6.45) is 3.17. The van der Waals surface area contributed by atoms with E-state index in [1.807, 2.05) is 0 Å². The standard InChI is InChI=1S/C14H20N2O3S/c1-9(2)6-7-15(11-4-5-11)14-12(16(18)19)8-13(20-14)10(3)17/h8-9,11H,4-7H2,1-3H3. The molecule has 20 heavy (non-hydrogen) atoms. The molecule has 1 aromatic rings. The Morgan fingerprint density at radius 1 is 1.55 bits per heavy atom. The number of nitrogens with zero attached hydrogens (tertiary/aromatic N) is 2. The Bertz CT molecular complexity index is 520. The van der Waals surface area contributed by atoms with E-state index in [9.17, 15) is 14.9 Å². The Balaban J connectivity index is 2.31. The maximum absolute atomic E-state index is 11.5. The van der Waals surface area contributed by atoms with Crippen molar-refractivity contribution in [3.63, 3.8) is 0 Å². The number of hydrogen-bond acceptors (Lipinski definition) is 5. The molecule has 0 radical (unpaired) electrons. The average molecular weight is 296 g/mol. The molecule has 0 saturated heterocycles. The van der Waals surface area contributed by atoms with Gasteiger partial charge < -0.3 is 4.90 Å². The molecule has 0 bridgehead atoms. The van der Waals surface area contributed by atoms with E-state index < -0.39 is 0 Å². The van der Waals surface area contributed by atoms with Gasteiger partial charge >= 0.3 is 5.69 Å². The first-order valence-electron chi connectivity index (χ1n) is 6.96. The molecule has 0 atom stereocenters. The Kier molecular flexibility index (Phi) is 4.42. The van der Waals surface area contributed by atoms with Crippen LogP contribution in [0.5, 0.6) is 0 Å². The third-order valence-electron chi connectivity index (χ3n) is 3.43. The summed E-state index contributed by atoms with van der Waals surface area (Å²) in [7, 11) is 0. The second-order valence-corrected chi connectivity index (χ2v) is 6.75. The fourth-order valence-corrected chi connectivity index (χ4v) is 3.23. The van der Waals surface area contributed by atoms with Crippen molar-refractivity contribution in [2.45, 2.75) is 46.1 Å². The summed E-state index contributed by atoms with van der Waals surface area (Å²) < 4.78 is 0. The van der Waals surface area contributed by atoms with Crippen LogP contribution < -0.4 is 4.90 Å². The van der Waals surface area contributed by atoms with E-state index in [1.165, 1.54) is 24.3 Å². The summed E-state index contributed by atoms with van der Waals surface area (Å²) in [4.78, 5) is 24.9. The number of ketones is 1. The molecule has 1 aliphatic rings. The maximum atomic E-state index is 11.5. The van der Waals surface area contributed by atoms with E-state index in [0.717, 1.165) is 25.8 Å². The number of carbonyl (C=O) groups is 1. The fraction of sp³-hybridized carbons (Fsp3) is 0.643. The number of anilines is 1. The van der Waals surface area contributed by atoms with Gasteiger partial charge in [-0.2, -0.15) is 0 Å². The van der Waals surface area contributed by atoms with Crippen LogP contribution in [0.2, 0.25) is 0 Å². The van der Waals surface area contributed by atoms with Crippen molar-refractivity contribution < 1.29 is 9.72 Å². The van der Waals surface area contributed by atoms with Crippen LogP contribution in [0.1, 0.15) is 49.7 Å². The molecule has 6 heteroatoms. The molecule has 1 heterocycles. The van der Waals surface area contributed by atoms with Gasteiger partial charge in [-0.1, -0.05) is 13.8 Å². The SMILES string of the molecule is CC(=O)c1cc([N+](=O)[O-])c(N(CCC(C)C)C2CC2)s1. The van der Waals surface area contributed by atoms with E-state index in [1.54, 1.807) is 0 Å². The van der Waals surface area contributed by atoms with Crippen molar-refractivity contribution in [1.29, 1.82) is 0 Å². The monoisotopic (exact) mass is 296 g/mol. The number of hydrogen-bond donors (Lipinski definition) is 0. The molecule has 0 N–H and O–H groups in total. The lowest BCUT2D eigenvalue weighted by molar-refractivity contribution is -0.383. The van der Waals surface area contributed by atoms with E-state index in [2.05, 4.69) is 18.7 Å². The lowest BCUT2D eigenvalue weighted by Crippen LogP contribution is -2.27. The second-order valence-electron chi connectivity index (χ2n) is 5.72. The zero-order valence-corrected chi connectivity index (χ0v) is 12.9. The van der Waals surface area contributed by atoms with Crippen molar-refractivity contribution in [2.24, 2.45) is 5.92 Å². The highest BCUT2D eigenvalue weighted by Gasteiger charge is 2.35. The Hall–Kier alpha value is -1.43. The minimum Gasteiger partial charge on any atom is -0.355 e. The van der Waals surface area contributed by atoms with Crippen LogP contribution in [0.15, 0.2) is 6.07 Å². The Labute approximate surface area is 122 Å². The predicted molar refractivity (Wildman–Crippen MR) is 80.8 cm³/mol. The highest BCUT2D eigenvalue weighted by Crippen LogP contribution is 2.43. The average Bonchev–Trinajstić information content (AvgIpc) is 3.06. The molecule has 1 aliphatic carbocycles. The van der Waals surface area contributed by atoms with E-state index in [0.29, 0.717) is 21.8 Å². The normalized spacial score (nSPS) is 14.6. The Morgan fingerprint density at radius 3 is 2.65 bits per heavy atom. The number of carbonyl (C=O) groups excluding carboxylic acids is 1. The van der Waals surface area contributed by atoms with Crippen LogP contribution in [-0.4, -0.2) is 23.3 Å². The number of Topliss-reactive ketones (excluding diaryl/α,β-unsaturated/α-hetero) is 1. The largest absolute Gasteiger partial charge is 0.355 e. The smallest absolute Gasteiger partial charge is 0.304 e. The summed E-state index contributed by atoms with van der Waals surface area (Å²) >= 11 is 1.26. The highest BCUT2D eigenvalue weighted by atomic mass is 32.1. The second kappa shape index (κ2) is 5.91. The summed E-state index contributed by atoms with van der Waals surface area (Å²) in [6.45, 7) is 6.57. The van der Waals surface area contributed by atoms with Crippen molar-refractivity contribution in [1.82, 2.24) is 0 Å². The Morgan fingerprint density at radius 2 is 2.20 bits per heavy atom. The molecule has 5 nitrogen and oxygen atoms in total. The summed E-state index contributed by atoms with van der Waals surface area (Å²) in [6, 6.07) is 1.83. The number of thiophene rings is 1. The van der Waals surface area contributed by atoms with Crippen molar-refractivity contribution >= 4 is 27.8 Å². The zero-order valence-electron chi connectivity index (χ0n) is 12.1. The van der Waals surface area contributed by atoms with E-state index >= 15 is 0 Å². The van der Waals surface area contributed by atoms with Gasteiger partial charge in [0.1, 0.15) is 0 Å². The first-order valence-corrected chi connectivity index (χ1v) is 7.77. The van der Waals surface area contributed by atoms with Gasteiger partial charge in [0.15, 0.2) is 10.8 Å². The molecule has 0 amide bonds. The van der Waals surface area contributed by atoms with Gasteiger partial charge in [-0.25, -0.2) is 0 Å². The van der Waals surface area contributed by atoms with Gasteiger partial charge in [0.05, 0.1) is 9.80 Å². The van der Waals surface area contributed by atoms with Crippen molar-refractivity contribution in [2.75, 3.05) is 11.4 Å². The van der Waals surface area contributed by atoms with Gasteiger partial charge in [-0.15, -0.1) is 11.3 Å². The minimum atomic E-state index is -0.372. The zero-order chi connectivity index (χ0) is 14.9. The molecule has 0 spiro atoms. The van der Waals surface area contributed by atoms with Gasteiger partial charge in [0.2, 0.25) is 0 Å². The number of nitro groups is 1. The summed E-state index contributed by atoms with van der Waals surface area (Å²) in [5, 5.41) is 11.9. The lowest BCUT2D eigenvalue weighted by Gasteiger charge is -2.23. The molecule has 110 valence electrons. The predicted octanol–water partition coefficient (Wildman–Crippen LogP) is 3.87. The summed E-state index contributed by atoms with van der Waals surface area (Å²) in [5.74, 6) is 0.450. The highest BCUT2D eigenvalue weighted by molar-refractivity contribution is 7.18. The molecular weight excluding hydrogens is 276 g/mol. The van der Waals surface area contributed by atoms with E-state index in [4.69, 9.17) is 0 Å². The molecule has 0 aliphatic heterocycles. The van der Waals surface area contributed by atoms with Crippen LogP contribution in [0.4, 0.5) is 10.7 Å². The van der Waals surface area contributed by atoms with E-state index in [-0.39, 0.29) is 16.4 Å². The van der Waals surface area contributed by atoms with Crippen molar-refractivity contribution in [3.05, 3.63) is 21.1 Å². The van der Waals surface area contributed by atoms with Crippen LogP contribution in [0, 0.1) is 16.0 Å². The fourth-order valence-electron chi connectivity index (χ4n) is 2.12. The van der Waals surface area contributed by atoms with Gasteiger partial charge in [-0.3, -0.25) is 14.9 Å². The third-order valence-corrected chi connectivity index (χ3v) is 4.70. The van der Waals surface area contributed by atoms with Gasteiger partial charge in [0, 0.05) is 18.7 Å². The van der Waals surface area contributed by atoms with Crippen LogP contribution in [0.25, 0.3) is 0 Å². The molecule has 1 fully saturated rings. The first-order chi connectivity index (χ1) is 9.40. The molecule has 1 aromatic heterocycles. The van der Waals surface area contributed by atoms with Gasteiger partial charge in [-0.05, 0) is 32.1 Å². The van der Waals surface area contributed by atoms with Crippen molar-refractivity contribution in [3.8, 4) is 0 Å². The minimum absolute atomic E-state index is 0.0795. The molecule has 1 saturated carbocycles. The first kappa shape index (κ1) is 15.0.